The molecular formula is C25H31B3NO4. The molecule has 0 saturated carbocycles. The van der Waals surface area contributed by atoms with E-state index in [1.165, 1.54) is 7.48 Å². The van der Waals surface area contributed by atoms with E-state index in [4.69, 9.17) is 19.7 Å². The zero-order chi connectivity index (χ0) is 24.4. The Hall–Kier alpha value is -2.28. The van der Waals surface area contributed by atoms with Gasteiger partial charge >= 0.3 is 22.4 Å². The van der Waals surface area contributed by atoms with Crippen molar-refractivity contribution in [2.45, 2.75) is 64.0 Å². The molecule has 0 spiro atoms. The average Bonchev–Trinajstić information content (AvgIpc) is 3.05. The summed E-state index contributed by atoms with van der Waals surface area (Å²) in [6, 6.07) is 16.5. The third kappa shape index (κ3) is 5.29. The van der Waals surface area contributed by atoms with Gasteiger partial charge in [-0.2, -0.15) is 0 Å². The summed E-state index contributed by atoms with van der Waals surface area (Å²) < 4.78 is 18.2. The Morgan fingerprint density at radius 2 is 1.45 bits per heavy atom. The quantitative estimate of drug-likeness (QED) is 0.425. The lowest BCUT2D eigenvalue weighted by molar-refractivity contribution is -0.128. The van der Waals surface area contributed by atoms with E-state index in [1.807, 2.05) is 59.4 Å². The minimum atomic E-state index is -1.15. The summed E-state index contributed by atoms with van der Waals surface area (Å²) in [5.41, 5.74) is 7.98. The van der Waals surface area contributed by atoms with Crippen molar-refractivity contribution >= 4 is 28.2 Å². The van der Waals surface area contributed by atoms with Crippen molar-refractivity contribution in [3.63, 3.8) is 0 Å². The molecule has 5 nitrogen and oxygen atoms in total. The van der Waals surface area contributed by atoms with Crippen LogP contribution in [0.1, 0.15) is 52.7 Å². The van der Waals surface area contributed by atoms with E-state index in [-0.39, 0.29) is 17.6 Å². The Morgan fingerprint density at radius 1 is 0.939 bits per heavy atom. The summed E-state index contributed by atoms with van der Waals surface area (Å²) in [5, 5.41) is -0.709. The number of carbonyl (C=O) groups is 1. The lowest BCUT2D eigenvalue weighted by Gasteiger charge is -2.35. The van der Waals surface area contributed by atoms with Crippen LogP contribution in [0.3, 0.4) is 0 Å². The van der Waals surface area contributed by atoms with Gasteiger partial charge in [0, 0.05) is 16.8 Å². The molecule has 2 aromatic carbocycles. The van der Waals surface area contributed by atoms with Crippen LogP contribution in [-0.2, 0) is 24.0 Å². The van der Waals surface area contributed by atoms with Crippen molar-refractivity contribution in [2.24, 2.45) is 5.73 Å². The number of nitrogens with two attached hydrogens (primary N) is 1. The second-order valence-corrected chi connectivity index (χ2v) is 9.70. The van der Waals surface area contributed by atoms with Crippen molar-refractivity contribution in [2.75, 3.05) is 0 Å². The lowest BCUT2D eigenvalue weighted by Crippen LogP contribution is -2.49. The van der Waals surface area contributed by atoms with Gasteiger partial charge in [-0.1, -0.05) is 55.1 Å². The number of carbonyl (C=O) groups excluding carboxylic acids is 1. The molecule has 1 aliphatic carbocycles. The summed E-state index contributed by atoms with van der Waals surface area (Å²) in [5.74, 6) is -0.368. The van der Waals surface area contributed by atoms with Gasteiger partial charge in [-0.15, -0.1) is 0 Å². The van der Waals surface area contributed by atoms with Crippen LogP contribution in [0.5, 0.6) is 0 Å². The molecule has 0 amide bonds. The van der Waals surface area contributed by atoms with Crippen molar-refractivity contribution in [3.05, 3.63) is 71.9 Å². The molecule has 2 aromatic rings. The summed E-state index contributed by atoms with van der Waals surface area (Å²) in [6.45, 7) is 14.5. The molecule has 0 aliphatic heterocycles. The van der Waals surface area contributed by atoms with E-state index in [1.54, 1.807) is 21.3 Å². The number of fused-ring (bicyclic) bond motifs is 3. The van der Waals surface area contributed by atoms with Crippen LogP contribution >= 0.6 is 0 Å². The van der Waals surface area contributed by atoms with Crippen LogP contribution in [-0.4, -0.2) is 45.4 Å². The first-order valence-electron chi connectivity index (χ1n) is 11.1. The molecule has 0 aromatic heterocycles. The molecule has 1 aliphatic rings. The number of ketones is 1. The minimum absolute atomic E-state index is 0.00859. The third-order valence-electron chi connectivity index (χ3n) is 5.59. The predicted molar refractivity (Wildman–Crippen MR) is 135 cm³/mol. The normalized spacial score (nSPS) is 14.4. The van der Waals surface area contributed by atoms with Crippen molar-refractivity contribution in [1.29, 1.82) is 0 Å². The highest BCUT2D eigenvalue weighted by Gasteiger charge is 2.47. The van der Waals surface area contributed by atoms with Gasteiger partial charge in [0.2, 0.25) is 5.78 Å². The van der Waals surface area contributed by atoms with Crippen LogP contribution in [0.15, 0.2) is 60.8 Å². The van der Waals surface area contributed by atoms with Crippen molar-refractivity contribution in [3.8, 4) is 11.1 Å². The molecule has 2 N–H and O–H groups in total. The second kappa shape index (κ2) is 9.53. The van der Waals surface area contributed by atoms with Gasteiger partial charge in [0.25, 0.3) is 0 Å². The molecule has 8 heteroatoms. The van der Waals surface area contributed by atoms with Gasteiger partial charge in [0.05, 0.1) is 5.70 Å². The molecule has 3 radical (unpaired) electrons. The van der Waals surface area contributed by atoms with Crippen LogP contribution in [0.2, 0.25) is 0 Å². The largest absolute Gasteiger partial charge is 0.439 e. The van der Waals surface area contributed by atoms with E-state index in [2.05, 4.69) is 30.8 Å². The fourth-order valence-electron chi connectivity index (χ4n) is 3.83. The van der Waals surface area contributed by atoms with Crippen LogP contribution in [0.4, 0.5) is 0 Å². The summed E-state index contributed by atoms with van der Waals surface area (Å²) in [4.78, 5) is 12.3. The maximum atomic E-state index is 12.3. The van der Waals surface area contributed by atoms with E-state index in [9.17, 15) is 4.79 Å². The molecule has 0 bridgehead atoms. The first-order chi connectivity index (χ1) is 15.4. The molecule has 0 heterocycles. The number of hydrogen-bond acceptors (Lipinski definition) is 5. The number of hydrogen-bond donors (Lipinski definition) is 1. The van der Waals surface area contributed by atoms with Gasteiger partial charge in [-0.25, -0.2) is 0 Å². The van der Waals surface area contributed by atoms with E-state index in [0.717, 1.165) is 22.3 Å². The zero-order valence-electron chi connectivity index (χ0n) is 20.3. The van der Waals surface area contributed by atoms with Gasteiger partial charge in [0.15, 0.2) is 0 Å². The molecule has 0 saturated heterocycles. The van der Waals surface area contributed by atoms with E-state index < -0.39 is 16.3 Å². The molecule has 0 fully saturated rings. The van der Waals surface area contributed by atoms with Gasteiger partial charge in [-0.05, 0) is 63.8 Å². The first kappa shape index (κ1) is 25.3. The minimum Gasteiger partial charge on any atom is -0.439 e. The fourth-order valence-corrected chi connectivity index (χ4v) is 3.83. The SMILES string of the molecule is C=C(N)C(=O)C(C)(C)O[B]C(C)(C)O[B]C1([B]OC(C)C)c2ccccc2-c2ccccc21. The van der Waals surface area contributed by atoms with Crippen LogP contribution < -0.4 is 5.73 Å². The van der Waals surface area contributed by atoms with Crippen LogP contribution in [0.25, 0.3) is 11.1 Å². The Bertz CT molecular complexity index is 990. The predicted octanol–water partition coefficient (Wildman–Crippen LogP) is 3.74. The number of rotatable bonds is 11. The van der Waals surface area contributed by atoms with Crippen molar-refractivity contribution < 1.29 is 18.8 Å². The third-order valence-corrected chi connectivity index (χ3v) is 5.59. The smallest absolute Gasteiger partial charge is 0.326 e. The number of Topliss-reactive ketones (excluding diaryl/α,β-unsaturated/α-hetero) is 1. The molecule has 33 heavy (non-hydrogen) atoms. The average molecular weight is 442 g/mol. The number of benzene rings is 2. The Balaban J connectivity index is 1.88. The maximum absolute atomic E-state index is 12.3. The second-order valence-electron chi connectivity index (χ2n) is 9.70. The van der Waals surface area contributed by atoms with E-state index in [0.29, 0.717) is 0 Å². The summed E-state index contributed by atoms with van der Waals surface area (Å²) in [6.07, 6.45) is 0.00859. The topological polar surface area (TPSA) is 70.8 Å². The Labute approximate surface area is 199 Å². The highest BCUT2D eigenvalue weighted by Crippen LogP contribution is 2.48. The van der Waals surface area contributed by atoms with Gasteiger partial charge in [0.1, 0.15) is 5.60 Å². The summed E-state index contributed by atoms with van der Waals surface area (Å²) >= 11 is 0. The molecule has 0 unspecified atom stereocenters. The lowest BCUT2D eigenvalue weighted by atomic mass is 9.42. The van der Waals surface area contributed by atoms with Crippen molar-refractivity contribution in [1.82, 2.24) is 0 Å². The first-order valence-corrected chi connectivity index (χ1v) is 11.1. The Morgan fingerprint density at radius 3 is 1.94 bits per heavy atom. The monoisotopic (exact) mass is 442 g/mol. The zero-order valence-corrected chi connectivity index (χ0v) is 20.3. The van der Waals surface area contributed by atoms with E-state index >= 15 is 0 Å². The fraction of sp³-hybridized carbons (Fsp3) is 0.400. The van der Waals surface area contributed by atoms with Crippen LogP contribution in [0, 0.1) is 0 Å². The standard InChI is InChI=1S/C25H31B3NO4/c1-16(2)31-27-25(20-14-10-8-12-18(20)19-13-9-11-15-21(19)25)28-33-24(6,7)26-32-23(4,5)22(30)17(3)29/h8-16H,3,29H2,1-2,4-7H3. The maximum Gasteiger partial charge on any atom is 0.326 e. The molecule has 0 atom stereocenters. The summed E-state index contributed by atoms with van der Waals surface area (Å²) in [7, 11) is 5.18. The Kier molecular flexibility index (Phi) is 7.32. The molecule has 169 valence electrons. The van der Waals surface area contributed by atoms with Gasteiger partial charge < -0.3 is 19.7 Å². The van der Waals surface area contributed by atoms with Gasteiger partial charge in [-0.3, -0.25) is 4.79 Å². The molecule has 3 rings (SSSR count). The highest BCUT2D eigenvalue weighted by molar-refractivity contribution is 6.59. The molecular weight excluding hydrogens is 411 g/mol. The highest BCUT2D eigenvalue weighted by atomic mass is 16.5.